The second-order valence-corrected chi connectivity index (χ2v) is 6.41. The van der Waals surface area contributed by atoms with E-state index in [9.17, 15) is 14.4 Å². The van der Waals surface area contributed by atoms with Crippen LogP contribution in [0.2, 0.25) is 10.0 Å². The number of Topliss-reactive ketones (excluding diaryl/α,β-unsaturated/α-hetero) is 1. The molecule has 2 aromatic rings. The van der Waals surface area contributed by atoms with Crippen molar-refractivity contribution in [2.24, 2.45) is 0 Å². The maximum atomic E-state index is 12.3. The van der Waals surface area contributed by atoms with Gasteiger partial charge < -0.3 is 19.2 Å². The second kappa shape index (κ2) is 8.92. The van der Waals surface area contributed by atoms with E-state index in [-0.39, 0.29) is 22.0 Å². The van der Waals surface area contributed by atoms with Crippen LogP contribution < -0.4 is 4.74 Å². The number of halogens is 2. The summed E-state index contributed by atoms with van der Waals surface area (Å²) in [6, 6.07) is 4.55. The summed E-state index contributed by atoms with van der Waals surface area (Å²) in [6.07, 6.45) is 0. The number of hydrogen-bond acceptors (Lipinski definition) is 6. The Morgan fingerprint density at radius 2 is 1.81 bits per heavy atom. The molecule has 1 heterocycles. The molecule has 0 spiro atoms. The van der Waals surface area contributed by atoms with Crippen molar-refractivity contribution in [1.29, 1.82) is 0 Å². The zero-order valence-electron chi connectivity index (χ0n) is 14.9. The van der Waals surface area contributed by atoms with Crippen molar-refractivity contribution in [2.75, 3.05) is 20.3 Å². The van der Waals surface area contributed by atoms with Gasteiger partial charge in [-0.1, -0.05) is 23.2 Å². The summed E-state index contributed by atoms with van der Waals surface area (Å²) < 4.78 is 14.8. The van der Waals surface area contributed by atoms with Gasteiger partial charge >= 0.3 is 11.9 Å². The monoisotopic (exact) mass is 413 g/mol. The lowest BCUT2D eigenvalue weighted by atomic mass is 10.1. The van der Waals surface area contributed by atoms with Crippen LogP contribution in [-0.2, 0) is 14.3 Å². The summed E-state index contributed by atoms with van der Waals surface area (Å²) in [5.74, 6) is -1.51. The summed E-state index contributed by atoms with van der Waals surface area (Å²) in [6.45, 7) is 2.32. The standard InChI is InChI=1S/C18H17Cl2NO6/c1-9-16(18(24)25-3)10(2)21-17(9)13(22)7-27-15(23)8-26-14-5-4-11(19)6-12(14)20/h4-6,21H,7-8H2,1-3H3. The van der Waals surface area contributed by atoms with Crippen LogP contribution in [0.5, 0.6) is 5.75 Å². The number of benzene rings is 1. The third-order valence-corrected chi connectivity index (χ3v) is 4.24. The van der Waals surface area contributed by atoms with Gasteiger partial charge in [0.25, 0.3) is 0 Å². The quantitative estimate of drug-likeness (QED) is 0.550. The summed E-state index contributed by atoms with van der Waals surface area (Å²) >= 11 is 11.7. The molecule has 0 saturated heterocycles. The molecule has 0 aliphatic heterocycles. The number of carbonyl (C=O) groups is 3. The van der Waals surface area contributed by atoms with Crippen LogP contribution in [-0.4, -0.2) is 43.0 Å². The SMILES string of the molecule is COC(=O)c1c(C)[nH]c(C(=O)COC(=O)COc2ccc(Cl)cc2Cl)c1C. The molecule has 0 aliphatic rings. The smallest absolute Gasteiger partial charge is 0.344 e. The zero-order valence-corrected chi connectivity index (χ0v) is 16.4. The normalized spacial score (nSPS) is 10.4. The van der Waals surface area contributed by atoms with Gasteiger partial charge in [-0.15, -0.1) is 0 Å². The molecule has 1 aromatic heterocycles. The number of carbonyl (C=O) groups excluding carboxylic acids is 3. The fraction of sp³-hybridized carbons (Fsp3) is 0.278. The molecule has 0 amide bonds. The Kier molecular flexibility index (Phi) is 6.87. The fourth-order valence-electron chi connectivity index (χ4n) is 2.43. The minimum absolute atomic E-state index is 0.183. The molecule has 0 saturated carbocycles. The van der Waals surface area contributed by atoms with Gasteiger partial charge in [0, 0.05) is 10.7 Å². The van der Waals surface area contributed by atoms with Gasteiger partial charge in [0.2, 0.25) is 5.78 Å². The van der Waals surface area contributed by atoms with E-state index in [2.05, 4.69) is 9.72 Å². The van der Waals surface area contributed by atoms with E-state index in [4.69, 9.17) is 32.7 Å². The highest BCUT2D eigenvalue weighted by Crippen LogP contribution is 2.27. The second-order valence-electron chi connectivity index (χ2n) is 5.56. The average Bonchev–Trinajstić information content (AvgIpc) is 2.92. The van der Waals surface area contributed by atoms with Crippen LogP contribution in [0, 0.1) is 13.8 Å². The number of hydrogen-bond donors (Lipinski definition) is 1. The van der Waals surface area contributed by atoms with Crippen molar-refractivity contribution in [1.82, 2.24) is 4.98 Å². The predicted molar refractivity (Wildman–Crippen MR) is 98.9 cm³/mol. The summed E-state index contributed by atoms with van der Waals surface area (Å²) in [7, 11) is 1.25. The first-order valence-corrected chi connectivity index (χ1v) is 8.54. The Morgan fingerprint density at radius 1 is 1.11 bits per heavy atom. The van der Waals surface area contributed by atoms with Crippen LogP contribution in [0.25, 0.3) is 0 Å². The van der Waals surface area contributed by atoms with Crippen LogP contribution >= 0.6 is 23.2 Å². The number of rotatable bonds is 7. The van der Waals surface area contributed by atoms with E-state index in [1.165, 1.54) is 19.2 Å². The van der Waals surface area contributed by atoms with Crippen molar-refractivity contribution in [3.05, 3.63) is 50.8 Å². The van der Waals surface area contributed by atoms with Crippen LogP contribution in [0.15, 0.2) is 18.2 Å². The average molecular weight is 414 g/mol. The molecule has 0 radical (unpaired) electrons. The molecule has 0 atom stereocenters. The topological polar surface area (TPSA) is 94.7 Å². The van der Waals surface area contributed by atoms with E-state index in [0.29, 0.717) is 16.3 Å². The van der Waals surface area contributed by atoms with Gasteiger partial charge in [-0.3, -0.25) is 4.79 Å². The van der Waals surface area contributed by atoms with Crippen molar-refractivity contribution in [3.63, 3.8) is 0 Å². The maximum absolute atomic E-state index is 12.3. The van der Waals surface area contributed by atoms with Crippen LogP contribution in [0.4, 0.5) is 0 Å². The minimum Gasteiger partial charge on any atom is -0.480 e. The minimum atomic E-state index is -0.747. The molecule has 144 valence electrons. The number of aromatic nitrogens is 1. The lowest BCUT2D eigenvalue weighted by Gasteiger charge is -2.08. The number of ether oxygens (including phenoxy) is 3. The Bertz CT molecular complexity index is 890. The van der Waals surface area contributed by atoms with Gasteiger partial charge in [0.15, 0.2) is 13.2 Å². The largest absolute Gasteiger partial charge is 0.480 e. The summed E-state index contributed by atoms with van der Waals surface area (Å²) in [5, 5.41) is 0.683. The first kappa shape index (κ1) is 20.8. The summed E-state index contributed by atoms with van der Waals surface area (Å²) in [5.41, 5.74) is 1.40. The maximum Gasteiger partial charge on any atom is 0.344 e. The number of methoxy groups -OCH3 is 1. The molecule has 2 rings (SSSR count). The van der Waals surface area contributed by atoms with Gasteiger partial charge in [0.05, 0.1) is 23.4 Å². The van der Waals surface area contributed by atoms with Crippen molar-refractivity contribution >= 4 is 40.9 Å². The van der Waals surface area contributed by atoms with Crippen molar-refractivity contribution < 1.29 is 28.6 Å². The Morgan fingerprint density at radius 3 is 2.44 bits per heavy atom. The van der Waals surface area contributed by atoms with Crippen molar-refractivity contribution in [2.45, 2.75) is 13.8 Å². The molecule has 0 unspecified atom stereocenters. The number of ketones is 1. The Hall–Kier alpha value is -2.51. The van der Waals surface area contributed by atoms with Crippen LogP contribution in [0.3, 0.4) is 0 Å². The lowest BCUT2D eigenvalue weighted by Crippen LogP contribution is -2.20. The van der Waals surface area contributed by atoms with E-state index >= 15 is 0 Å². The van der Waals surface area contributed by atoms with E-state index in [0.717, 1.165) is 0 Å². The predicted octanol–water partition coefficient (Wildman–Crippen LogP) is 3.53. The molecule has 0 aliphatic carbocycles. The van der Waals surface area contributed by atoms with Gasteiger partial charge in [-0.2, -0.15) is 0 Å². The molecular formula is C18H17Cl2NO6. The molecule has 0 fully saturated rings. The highest BCUT2D eigenvalue weighted by molar-refractivity contribution is 6.35. The summed E-state index contributed by atoms with van der Waals surface area (Å²) in [4.78, 5) is 38.6. The number of aromatic amines is 1. The number of H-pyrrole nitrogens is 1. The first-order valence-electron chi connectivity index (χ1n) is 7.78. The molecule has 27 heavy (non-hydrogen) atoms. The highest BCUT2D eigenvalue weighted by atomic mass is 35.5. The number of nitrogens with one attached hydrogen (secondary N) is 1. The van der Waals surface area contributed by atoms with Crippen molar-refractivity contribution in [3.8, 4) is 5.75 Å². The van der Waals surface area contributed by atoms with E-state index in [1.54, 1.807) is 19.9 Å². The molecular weight excluding hydrogens is 397 g/mol. The van der Waals surface area contributed by atoms with Gasteiger partial charge in [0.1, 0.15) is 5.75 Å². The van der Waals surface area contributed by atoms with Gasteiger partial charge in [-0.25, -0.2) is 9.59 Å². The third kappa shape index (κ3) is 5.02. The molecule has 1 aromatic carbocycles. The van der Waals surface area contributed by atoms with E-state index < -0.39 is 30.9 Å². The fourth-order valence-corrected chi connectivity index (χ4v) is 2.89. The third-order valence-electron chi connectivity index (χ3n) is 3.71. The Labute approximate surface area is 165 Å². The van der Waals surface area contributed by atoms with E-state index in [1.807, 2.05) is 0 Å². The number of aryl methyl sites for hydroxylation is 1. The molecule has 7 nitrogen and oxygen atoms in total. The molecule has 1 N–H and O–H groups in total. The number of esters is 2. The van der Waals surface area contributed by atoms with Gasteiger partial charge in [-0.05, 0) is 37.6 Å². The van der Waals surface area contributed by atoms with Crippen LogP contribution in [0.1, 0.15) is 32.1 Å². The Balaban J connectivity index is 1.93. The highest BCUT2D eigenvalue weighted by Gasteiger charge is 2.23. The lowest BCUT2D eigenvalue weighted by molar-refractivity contribution is -0.144. The molecule has 0 bridgehead atoms. The first-order chi connectivity index (χ1) is 12.7. The molecule has 9 heteroatoms. The zero-order chi connectivity index (χ0) is 20.1.